The first-order valence-electron chi connectivity index (χ1n) is 8.94. The molecule has 0 bridgehead atoms. The van der Waals surface area contributed by atoms with E-state index in [1.165, 1.54) is 0 Å². The smallest absolute Gasteiger partial charge is 0.255 e. The number of benzene rings is 3. The Morgan fingerprint density at radius 2 is 1.41 bits per heavy atom. The Morgan fingerprint density at radius 1 is 0.852 bits per heavy atom. The van der Waals surface area contributed by atoms with Crippen LogP contribution in [0.4, 0.5) is 11.4 Å². The van der Waals surface area contributed by atoms with Crippen molar-refractivity contribution >= 4 is 28.9 Å². The predicted octanol–water partition coefficient (Wildman–Crippen LogP) is 4.97. The molecule has 0 saturated carbocycles. The van der Waals surface area contributed by atoms with Gasteiger partial charge >= 0.3 is 0 Å². The summed E-state index contributed by atoms with van der Waals surface area (Å²) in [4.78, 5) is 16.1. The number of rotatable bonds is 4. The van der Waals surface area contributed by atoms with Crippen molar-refractivity contribution in [2.45, 2.75) is 10.9 Å². The minimum absolute atomic E-state index is 0.0971. The second kappa shape index (κ2) is 6.75. The van der Waals surface area contributed by atoms with Gasteiger partial charge in [-0.25, -0.2) is 0 Å². The molecule has 2 atom stereocenters. The lowest BCUT2D eigenvalue weighted by Gasteiger charge is -2.53. The van der Waals surface area contributed by atoms with Crippen molar-refractivity contribution in [2.24, 2.45) is 0 Å². The van der Waals surface area contributed by atoms with Crippen molar-refractivity contribution in [1.29, 1.82) is 0 Å². The normalized spacial score (nSPS) is 21.7. The molecule has 3 nitrogen and oxygen atoms in total. The lowest BCUT2D eigenvalue weighted by Crippen LogP contribution is -2.64. The van der Waals surface area contributed by atoms with Crippen LogP contribution in [0.1, 0.15) is 17.2 Å². The Labute approximate surface area is 164 Å². The lowest BCUT2D eigenvalue weighted by molar-refractivity contribution is -0.128. The van der Waals surface area contributed by atoms with Crippen molar-refractivity contribution in [1.82, 2.24) is 0 Å². The average Bonchev–Trinajstić information content (AvgIpc) is 2.72. The van der Waals surface area contributed by atoms with Gasteiger partial charge < -0.3 is 9.80 Å². The summed E-state index contributed by atoms with van der Waals surface area (Å²) in [5.74, 6) is -0.0971. The fraction of sp³-hybridized carbons (Fsp3) is 0.174. The standard InChI is InChI=1S/C23H21ClN2O/c1-25(2)20-16-10-9-15-19(20)21-23(24,17-11-5-3-6-12-17)22(27)26(21)18-13-7-4-8-14-18/h3-16,21H,1-2H3. The molecule has 4 heteroatoms. The molecular formula is C23H21ClN2O. The Balaban J connectivity index is 1.90. The van der Waals surface area contributed by atoms with Crippen molar-refractivity contribution in [2.75, 3.05) is 23.9 Å². The zero-order valence-corrected chi connectivity index (χ0v) is 16.1. The topological polar surface area (TPSA) is 23.6 Å². The van der Waals surface area contributed by atoms with E-state index in [-0.39, 0.29) is 11.9 Å². The molecule has 136 valence electrons. The van der Waals surface area contributed by atoms with E-state index in [0.717, 1.165) is 22.5 Å². The second-order valence-electron chi connectivity index (χ2n) is 6.94. The van der Waals surface area contributed by atoms with E-state index in [2.05, 4.69) is 17.0 Å². The third-order valence-electron chi connectivity index (χ3n) is 5.11. The van der Waals surface area contributed by atoms with Crippen LogP contribution in [0.25, 0.3) is 0 Å². The van der Waals surface area contributed by atoms with Gasteiger partial charge in [0.15, 0.2) is 4.87 Å². The molecule has 3 aromatic carbocycles. The number of para-hydroxylation sites is 2. The maximum atomic E-state index is 13.3. The molecule has 3 aromatic rings. The van der Waals surface area contributed by atoms with Crippen LogP contribution < -0.4 is 9.80 Å². The zero-order chi connectivity index (χ0) is 19.0. The quantitative estimate of drug-likeness (QED) is 0.474. The van der Waals surface area contributed by atoms with Gasteiger partial charge in [0.1, 0.15) is 0 Å². The van der Waals surface area contributed by atoms with E-state index in [1.807, 2.05) is 91.8 Å². The van der Waals surface area contributed by atoms with Gasteiger partial charge in [0.2, 0.25) is 0 Å². The summed E-state index contributed by atoms with van der Waals surface area (Å²) in [6.07, 6.45) is 0. The fourth-order valence-corrected chi connectivity index (χ4v) is 4.25. The second-order valence-corrected chi connectivity index (χ2v) is 7.54. The average molecular weight is 377 g/mol. The van der Waals surface area contributed by atoms with Crippen LogP contribution in [-0.4, -0.2) is 20.0 Å². The highest BCUT2D eigenvalue weighted by Gasteiger charge is 2.62. The molecule has 1 aliphatic rings. The van der Waals surface area contributed by atoms with Gasteiger partial charge in [-0.3, -0.25) is 4.79 Å². The number of hydrogen-bond acceptors (Lipinski definition) is 2. The molecule has 1 fully saturated rings. The molecule has 4 rings (SSSR count). The molecule has 1 amide bonds. The van der Waals surface area contributed by atoms with Gasteiger partial charge in [-0.2, -0.15) is 0 Å². The minimum atomic E-state index is -1.12. The predicted molar refractivity (Wildman–Crippen MR) is 111 cm³/mol. The van der Waals surface area contributed by atoms with Gasteiger partial charge in [-0.15, -0.1) is 11.6 Å². The summed E-state index contributed by atoms with van der Waals surface area (Å²) >= 11 is 7.10. The number of carbonyl (C=O) groups is 1. The SMILES string of the molecule is CN(C)c1ccccc1C1N(c2ccccc2)C(=O)C1(Cl)c1ccccc1. The molecule has 1 heterocycles. The molecule has 2 unspecified atom stereocenters. The number of alkyl halides is 1. The third kappa shape index (κ3) is 2.70. The molecule has 0 radical (unpaired) electrons. The van der Waals surface area contributed by atoms with Crippen molar-refractivity contribution < 1.29 is 4.79 Å². The first-order valence-corrected chi connectivity index (χ1v) is 9.32. The van der Waals surface area contributed by atoms with Gasteiger partial charge in [0.25, 0.3) is 5.91 Å². The van der Waals surface area contributed by atoms with Crippen molar-refractivity contribution in [3.8, 4) is 0 Å². The first kappa shape index (κ1) is 17.6. The zero-order valence-electron chi connectivity index (χ0n) is 15.3. The number of halogens is 1. The van der Waals surface area contributed by atoms with Crippen LogP contribution in [0.2, 0.25) is 0 Å². The van der Waals surface area contributed by atoms with Crippen LogP contribution >= 0.6 is 11.6 Å². The van der Waals surface area contributed by atoms with Crippen LogP contribution in [-0.2, 0) is 9.67 Å². The molecular weight excluding hydrogens is 356 g/mol. The number of hydrogen-bond donors (Lipinski definition) is 0. The largest absolute Gasteiger partial charge is 0.377 e. The summed E-state index contributed by atoms with van der Waals surface area (Å²) in [5.41, 5.74) is 3.76. The first-order chi connectivity index (χ1) is 13.0. The van der Waals surface area contributed by atoms with E-state index >= 15 is 0 Å². The Hall–Kier alpha value is -2.78. The summed E-state index contributed by atoms with van der Waals surface area (Å²) in [7, 11) is 4.01. The van der Waals surface area contributed by atoms with E-state index in [4.69, 9.17) is 11.6 Å². The van der Waals surface area contributed by atoms with E-state index in [1.54, 1.807) is 0 Å². The maximum Gasteiger partial charge on any atom is 0.255 e. The molecule has 27 heavy (non-hydrogen) atoms. The lowest BCUT2D eigenvalue weighted by atomic mass is 9.76. The van der Waals surface area contributed by atoms with E-state index in [0.29, 0.717) is 0 Å². The number of carbonyl (C=O) groups excluding carboxylic acids is 1. The van der Waals surface area contributed by atoms with Crippen LogP contribution in [0.5, 0.6) is 0 Å². The highest BCUT2D eigenvalue weighted by Crippen LogP contribution is 2.57. The van der Waals surface area contributed by atoms with Crippen LogP contribution in [0, 0.1) is 0 Å². The number of β-lactam (4-membered cyclic amide) rings is 1. The van der Waals surface area contributed by atoms with Gasteiger partial charge in [0.05, 0.1) is 6.04 Å². The molecule has 0 aliphatic carbocycles. The summed E-state index contributed by atoms with van der Waals surface area (Å²) < 4.78 is 0. The maximum absolute atomic E-state index is 13.3. The molecule has 1 saturated heterocycles. The molecule has 0 aromatic heterocycles. The highest BCUT2D eigenvalue weighted by atomic mass is 35.5. The molecule has 1 aliphatic heterocycles. The third-order valence-corrected chi connectivity index (χ3v) is 5.69. The number of nitrogens with zero attached hydrogens (tertiary/aromatic N) is 2. The Bertz CT molecular complexity index is 958. The molecule has 0 spiro atoms. The van der Waals surface area contributed by atoms with E-state index < -0.39 is 4.87 Å². The fourth-order valence-electron chi connectivity index (χ4n) is 3.82. The Kier molecular flexibility index (Phi) is 4.40. The summed E-state index contributed by atoms with van der Waals surface area (Å²) in [5, 5.41) is 0. The van der Waals surface area contributed by atoms with Crippen molar-refractivity contribution in [3.63, 3.8) is 0 Å². The summed E-state index contributed by atoms with van der Waals surface area (Å²) in [6, 6.07) is 27.2. The van der Waals surface area contributed by atoms with Crippen LogP contribution in [0.15, 0.2) is 84.9 Å². The van der Waals surface area contributed by atoms with Crippen LogP contribution in [0.3, 0.4) is 0 Å². The van der Waals surface area contributed by atoms with Crippen molar-refractivity contribution in [3.05, 3.63) is 96.1 Å². The van der Waals surface area contributed by atoms with Gasteiger partial charge in [0, 0.05) is 31.0 Å². The monoisotopic (exact) mass is 376 g/mol. The van der Waals surface area contributed by atoms with Gasteiger partial charge in [-0.1, -0.05) is 66.7 Å². The summed E-state index contributed by atoms with van der Waals surface area (Å²) in [6.45, 7) is 0. The number of amides is 1. The van der Waals surface area contributed by atoms with E-state index in [9.17, 15) is 4.79 Å². The minimum Gasteiger partial charge on any atom is -0.377 e. The molecule has 0 N–H and O–H groups in total. The highest BCUT2D eigenvalue weighted by molar-refractivity contribution is 6.41. The van der Waals surface area contributed by atoms with Gasteiger partial charge in [-0.05, 0) is 23.8 Å². The Morgan fingerprint density at radius 3 is 2.04 bits per heavy atom. The number of anilines is 2.